The van der Waals surface area contributed by atoms with Gasteiger partial charge in [0.15, 0.2) is 6.29 Å². The summed E-state index contributed by atoms with van der Waals surface area (Å²) >= 11 is 6.74. The number of benzene rings is 3. The highest BCUT2D eigenvalue weighted by Crippen LogP contribution is 2.39. The summed E-state index contributed by atoms with van der Waals surface area (Å²) < 4.78 is 5.50. The predicted octanol–water partition coefficient (Wildman–Crippen LogP) is 3.12. The zero-order valence-electron chi connectivity index (χ0n) is 16.6. The van der Waals surface area contributed by atoms with Gasteiger partial charge in [0, 0.05) is 5.39 Å². The van der Waals surface area contributed by atoms with Crippen LogP contribution in [0.5, 0.6) is 0 Å². The molecule has 3 aromatic carbocycles. The van der Waals surface area contributed by atoms with Crippen LogP contribution in [0.1, 0.15) is 35.3 Å². The van der Waals surface area contributed by atoms with Crippen molar-refractivity contribution in [1.82, 2.24) is 0 Å². The van der Waals surface area contributed by atoms with Crippen LogP contribution in [0, 0.1) is 0 Å². The predicted molar refractivity (Wildman–Crippen MR) is 115 cm³/mol. The van der Waals surface area contributed by atoms with Crippen molar-refractivity contribution in [1.29, 1.82) is 0 Å². The number of hydrogen-bond acceptors (Lipinski definition) is 5. The van der Waals surface area contributed by atoms with Crippen LogP contribution in [0.4, 0.5) is 0 Å². The van der Waals surface area contributed by atoms with E-state index in [9.17, 15) is 20.4 Å². The molecule has 6 heteroatoms. The maximum atomic E-state index is 10.6. The van der Waals surface area contributed by atoms with Gasteiger partial charge in [0.2, 0.25) is 0 Å². The molecule has 0 unspecified atom stereocenters. The Balaban J connectivity index is 1.80. The van der Waals surface area contributed by atoms with Crippen molar-refractivity contribution >= 4 is 22.4 Å². The summed E-state index contributed by atoms with van der Waals surface area (Å²) in [7, 11) is 0. The van der Waals surface area contributed by atoms with Gasteiger partial charge in [-0.2, -0.15) is 0 Å². The maximum absolute atomic E-state index is 10.6. The first-order valence-electron chi connectivity index (χ1n) is 10.1. The Bertz CT molecular complexity index is 1040. The SMILES string of the molecule is CCc1ccc(Cc2cc([C@@H]3O[C@H](O)[C@@H](O)[C@H](O)[C@H]3O)c3ccccc3c2Cl)cc1. The number of halogens is 1. The molecule has 158 valence electrons. The average molecular weight is 429 g/mol. The monoisotopic (exact) mass is 428 g/mol. The molecule has 1 saturated heterocycles. The van der Waals surface area contributed by atoms with E-state index in [0.29, 0.717) is 17.0 Å². The zero-order valence-corrected chi connectivity index (χ0v) is 17.3. The van der Waals surface area contributed by atoms with Crippen LogP contribution in [0.25, 0.3) is 10.8 Å². The quantitative estimate of drug-likeness (QED) is 0.512. The molecule has 4 rings (SSSR count). The second kappa shape index (κ2) is 8.63. The Labute approximate surface area is 180 Å². The molecule has 0 aromatic heterocycles. The molecule has 4 N–H and O–H groups in total. The lowest BCUT2D eigenvalue weighted by Gasteiger charge is -2.39. The van der Waals surface area contributed by atoms with E-state index in [-0.39, 0.29) is 0 Å². The molecule has 30 heavy (non-hydrogen) atoms. The molecule has 0 amide bonds. The van der Waals surface area contributed by atoms with E-state index >= 15 is 0 Å². The van der Waals surface area contributed by atoms with Crippen molar-refractivity contribution in [2.45, 2.75) is 50.5 Å². The summed E-state index contributed by atoms with van der Waals surface area (Å²) in [4.78, 5) is 0. The highest BCUT2D eigenvalue weighted by molar-refractivity contribution is 6.36. The number of aryl methyl sites for hydroxylation is 1. The first-order chi connectivity index (χ1) is 14.4. The van der Waals surface area contributed by atoms with E-state index in [2.05, 4.69) is 31.2 Å². The first kappa shape index (κ1) is 21.2. The van der Waals surface area contributed by atoms with Gasteiger partial charge in [-0.3, -0.25) is 0 Å². The van der Waals surface area contributed by atoms with E-state index in [1.54, 1.807) is 0 Å². The Morgan fingerprint density at radius 3 is 2.13 bits per heavy atom. The maximum Gasteiger partial charge on any atom is 0.184 e. The van der Waals surface area contributed by atoms with Gasteiger partial charge in [-0.05, 0) is 40.5 Å². The molecule has 1 aliphatic rings. The number of ether oxygens (including phenoxy) is 1. The van der Waals surface area contributed by atoms with Crippen molar-refractivity contribution in [3.05, 3.63) is 81.9 Å². The van der Waals surface area contributed by atoms with Crippen molar-refractivity contribution < 1.29 is 25.2 Å². The molecule has 1 heterocycles. The number of hydrogen-bond donors (Lipinski definition) is 4. The molecular weight excluding hydrogens is 404 g/mol. The number of fused-ring (bicyclic) bond motifs is 1. The lowest BCUT2D eigenvalue weighted by Crippen LogP contribution is -2.54. The van der Waals surface area contributed by atoms with Crippen LogP contribution in [0.3, 0.4) is 0 Å². The van der Waals surface area contributed by atoms with E-state index in [1.807, 2.05) is 30.3 Å². The summed E-state index contributed by atoms with van der Waals surface area (Å²) in [5, 5.41) is 42.7. The van der Waals surface area contributed by atoms with Gasteiger partial charge < -0.3 is 25.2 Å². The van der Waals surface area contributed by atoms with Crippen LogP contribution in [-0.4, -0.2) is 45.0 Å². The summed E-state index contributed by atoms with van der Waals surface area (Å²) in [6.45, 7) is 2.11. The molecule has 0 radical (unpaired) electrons. The molecular formula is C24H25ClO5. The summed E-state index contributed by atoms with van der Waals surface area (Å²) in [5.41, 5.74) is 3.80. The Morgan fingerprint density at radius 1 is 0.833 bits per heavy atom. The normalized spacial score (nSPS) is 26.8. The molecule has 3 aromatic rings. The fourth-order valence-corrected chi connectivity index (χ4v) is 4.31. The minimum atomic E-state index is -1.60. The topological polar surface area (TPSA) is 90.2 Å². The fourth-order valence-electron chi connectivity index (χ4n) is 4.02. The second-order valence-electron chi connectivity index (χ2n) is 7.75. The number of rotatable bonds is 4. The smallest absolute Gasteiger partial charge is 0.184 e. The molecule has 1 aliphatic heterocycles. The molecule has 0 saturated carbocycles. The van der Waals surface area contributed by atoms with Crippen molar-refractivity contribution in [3.8, 4) is 0 Å². The van der Waals surface area contributed by atoms with Gasteiger partial charge in [-0.1, -0.05) is 73.1 Å². The largest absolute Gasteiger partial charge is 0.387 e. The number of aliphatic hydroxyl groups excluding tert-OH is 4. The van der Waals surface area contributed by atoms with Crippen molar-refractivity contribution in [2.24, 2.45) is 0 Å². The van der Waals surface area contributed by atoms with Crippen LogP contribution in [-0.2, 0) is 17.6 Å². The van der Waals surface area contributed by atoms with Crippen LogP contribution >= 0.6 is 11.6 Å². The lowest BCUT2D eigenvalue weighted by atomic mass is 9.88. The highest BCUT2D eigenvalue weighted by Gasteiger charge is 2.44. The minimum Gasteiger partial charge on any atom is -0.387 e. The fraction of sp³-hybridized carbons (Fsp3) is 0.333. The van der Waals surface area contributed by atoms with Gasteiger partial charge in [-0.25, -0.2) is 0 Å². The van der Waals surface area contributed by atoms with Gasteiger partial charge in [0.05, 0.1) is 5.02 Å². The van der Waals surface area contributed by atoms with Crippen molar-refractivity contribution in [2.75, 3.05) is 0 Å². The molecule has 0 bridgehead atoms. The van der Waals surface area contributed by atoms with Crippen LogP contribution in [0.15, 0.2) is 54.6 Å². The second-order valence-corrected chi connectivity index (χ2v) is 8.13. The number of aliphatic hydroxyl groups is 4. The Morgan fingerprint density at radius 2 is 1.47 bits per heavy atom. The molecule has 5 nitrogen and oxygen atoms in total. The summed E-state index contributed by atoms with van der Waals surface area (Å²) in [6.07, 6.45) is -5.57. The van der Waals surface area contributed by atoms with E-state index in [0.717, 1.165) is 28.3 Å². The Kier molecular flexibility index (Phi) is 6.11. The van der Waals surface area contributed by atoms with Crippen molar-refractivity contribution in [3.63, 3.8) is 0 Å². The van der Waals surface area contributed by atoms with E-state index < -0.39 is 30.7 Å². The zero-order chi connectivity index (χ0) is 21.4. The van der Waals surface area contributed by atoms with Crippen LogP contribution < -0.4 is 0 Å². The van der Waals surface area contributed by atoms with Gasteiger partial charge >= 0.3 is 0 Å². The third kappa shape index (κ3) is 3.85. The highest BCUT2D eigenvalue weighted by atomic mass is 35.5. The van der Waals surface area contributed by atoms with E-state index in [4.69, 9.17) is 16.3 Å². The minimum absolute atomic E-state index is 0.581. The molecule has 5 atom stereocenters. The third-order valence-corrected chi connectivity index (χ3v) is 6.25. The van der Waals surface area contributed by atoms with E-state index in [1.165, 1.54) is 5.56 Å². The lowest BCUT2D eigenvalue weighted by molar-refractivity contribution is -0.284. The third-order valence-electron chi connectivity index (χ3n) is 5.81. The molecule has 0 aliphatic carbocycles. The molecule has 0 spiro atoms. The standard InChI is InChI=1S/C24H25ClO5/c1-2-13-7-9-14(10-8-13)11-15-12-18(16-5-3-4-6-17(16)19(15)25)23-21(27)20(26)22(28)24(29)30-23/h3-10,12,20-24,26-29H,2,11H2,1H3/t20-,21-,22+,23+,24+/m1/s1. The average Bonchev–Trinajstić information content (AvgIpc) is 2.77. The summed E-state index contributed by atoms with van der Waals surface area (Å²) in [6, 6.07) is 17.6. The van der Waals surface area contributed by atoms with Crippen LogP contribution in [0.2, 0.25) is 5.02 Å². The first-order valence-corrected chi connectivity index (χ1v) is 10.4. The summed E-state index contributed by atoms with van der Waals surface area (Å²) in [5.74, 6) is 0. The van der Waals surface area contributed by atoms with Gasteiger partial charge in [0.25, 0.3) is 0 Å². The van der Waals surface area contributed by atoms with Gasteiger partial charge in [0.1, 0.15) is 24.4 Å². The molecule has 1 fully saturated rings. The Hall–Kier alpha value is -1.99. The van der Waals surface area contributed by atoms with Gasteiger partial charge in [-0.15, -0.1) is 0 Å².